The summed E-state index contributed by atoms with van der Waals surface area (Å²) < 4.78 is 5.11. The normalized spacial score (nSPS) is 25.9. The van der Waals surface area contributed by atoms with E-state index in [1.165, 1.54) is 11.1 Å². The van der Waals surface area contributed by atoms with Gasteiger partial charge in [-0.05, 0) is 35.8 Å². The van der Waals surface area contributed by atoms with E-state index >= 15 is 0 Å². The predicted octanol–water partition coefficient (Wildman–Crippen LogP) is 2.68. The van der Waals surface area contributed by atoms with Crippen LogP contribution in [-0.4, -0.2) is 43.5 Å². The molecule has 1 amide bonds. The fourth-order valence-corrected chi connectivity index (χ4v) is 3.95. The predicted molar refractivity (Wildman–Crippen MR) is 83.7 cm³/mol. The summed E-state index contributed by atoms with van der Waals surface area (Å²) in [6, 6.07) is 8.58. The minimum Gasteiger partial charge on any atom is -0.383 e. The molecule has 0 aliphatic heterocycles. The standard InChI is InChI=1S/C17H22ClNO2/c1-21-11-10-19(9-8-18)17(20)16-14-7-6-12-4-2-3-5-13(12)15(14)16/h2-5,14-16H,6-11H2,1H3. The zero-order valence-corrected chi connectivity index (χ0v) is 13.2. The van der Waals surface area contributed by atoms with Gasteiger partial charge in [0, 0.05) is 32.0 Å². The van der Waals surface area contributed by atoms with E-state index in [1.807, 2.05) is 4.90 Å². The van der Waals surface area contributed by atoms with Gasteiger partial charge in [-0.25, -0.2) is 0 Å². The van der Waals surface area contributed by atoms with Crippen LogP contribution in [0.2, 0.25) is 0 Å². The number of aryl methyl sites for hydroxylation is 1. The van der Waals surface area contributed by atoms with Gasteiger partial charge in [-0.2, -0.15) is 0 Å². The maximum atomic E-state index is 12.8. The smallest absolute Gasteiger partial charge is 0.226 e. The summed E-state index contributed by atoms with van der Waals surface area (Å²) in [5, 5.41) is 0. The summed E-state index contributed by atoms with van der Waals surface area (Å²) in [6.07, 6.45) is 2.24. The van der Waals surface area contributed by atoms with E-state index < -0.39 is 0 Å². The van der Waals surface area contributed by atoms with Crippen LogP contribution in [0.1, 0.15) is 23.5 Å². The molecule has 0 N–H and O–H groups in total. The molecule has 21 heavy (non-hydrogen) atoms. The van der Waals surface area contributed by atoms with Crippen LogP contribution in [0, 0.1) is 11.8 Å². The number of carbonyl (C=O) groups excluding carboxylic acids is 1. The lowest BCUT2D eigenvalue weighted by Gasteiger charge is -2.21. The van der Waals surface area contributed by atoms with Crippen LogP contribution >= 0.6 is 11.6 Å². The van der Waals surface area contributed by atoms with Crippen molar-refractivity contribution in [2.45, 2.75) is 18.8 Å². The van der Waals surface area contributed by atoms with Gasteiger partial charge >= 0.3 is 0 Å². The Morgan fingerprint density at radius 1 is 1.38 bits per heavy atom. The molecule has 1 aromatic rings. The Labute approximate surface area is 131 Å². The Kier molecular flexibility index (Phi) is 4.51. The second-order valence-corrected chi connectivity index (χ2v) is 6.34. The van der Waals surface area contributed by atoms with E-state index in [1.54, 1.807) is 7.11 Å². The average Bonchev–Trinajstić information content (AvgIpc) is 3.25. The lowest BCUT2D eigenvalue weighted by molar-refractivity contribution is -0.133. The molecule has 1 aromatic carbocycles. The first-order chi connectivity index (χ1) is 10.3. The molecular formula is C17H22ClNO2. The molecule has 1 fully saturated rings. The van der Waals surface area contributed by atoms with Gasteiger partial charge in [0.2, 0.25) is 5.91 Å². The number of halogens is 1. The third kappa shape index (κ3) is 2.82. The summed E-state index contributed by atoms with van der Waals surface area (Å²) >= 11 is 5.84. The highest BCUT2D eigenvalue weighted by Crippen LogP contribution is 2.60. The molecule has 114 valence electrons. The van der Waals surface area contributed by atoms with Crippen molar-refractivity contribution in [2.75, 3.05) is 32.7 Å². The highest BCUT2D eigenvalue weighted by molar-refractivity contribution is 6.18. The quantitative estimate of drug-likeness (QED) is 0.756. The van der Waals surface area contributed by atoms with Crippen LogP contribution in [0.5, 0.6) is 0 Å². The fourth-order valence-electron chi connectivity index (χ4n) is 3.75. The molecule has 2 aliphatic carbocycles. The minimum absolute atomic E-state index is 0.161. The number of alkyl halides is 1. The lowest BCUT2D eigenvalue weighted by Crippen LogP contribution is -2.37. The maximum Gasteiger partial charge on any atom is 0.226 e. The van der Waals surface area contributed by atoms with Crippen molar-refractivity contribution in [2.24, 2.45) is 11.8 Å². The monoisotopic (exact) mass is 307 g/mol. The van der Waals surface area contributed by atoms with Crippen molar-refractivity contribution < 1.29 is 9.53 Å². The average molecular weight is 308 g/mol. The van der Waals surface area contributed by atoms with Crippen molar-refractivity contribution in [3.63, 3.8) is 0 Å². The highest BCUT2D eigenvalue weighted by Gasteiger charge is 2.57. The first-order valence-electron chi connectivity index (χ1n) is 7.69. The Bertz CT molecular complexity index is 519. The van der Waals surface area contributed by atoms with Gasteiger partial charge in [-0.3, -0.25) is 4.79 Å². The first-order valence-corrected chi connectivity index (χ1v) is 8.23. The maximum absolute atomic E-state index is 12.8. The number of methoxy groups -OCH3 is 1. The molecule has 3 atom stereocenters. The van der Waals surface area contributed by atoms with Crippen LogP contribution < -0.4 is 0 Å². The summed E-state index contributed by atoms with van der Waals surface area (Å²) in [5.74, 6) is 1.87. The topological polar surface area (TPSA) is 29.5 Å². The fraction of sp³-hybridized carbons (Fsp3) is 0.588. The number of nitrogens with zero attached hydrogens (tertiary/aromatic N) is 1. The molecule has 0 saturated heterocycles. The minimum atomic E-state index is 0.161. The van der Waals surface area contributed by atoms with E-state index in [-0.39, 0.29) is 11.8 Å². The van der Waals surface area contributed by atoms with Crippen LogP contribution in [0.4, 0.5) is 0 Å². The Hall–Kier alpha value is -1.06. The molecule has 2 aliphatic rings. The summed E-state index contributed by atoms with van der Waals surface area (Å²) in [7, 11) is 1.66. The SMILES string of the molecule is COCCN(CCCl)C(=O)C1C2CCc3ccccc3C21. The van der Waals surface area contributed by atoms with Gasteiger partial charge in [0.15, 0.2) is 0 Å². The Morgan fingerprint density at radius 2 is 2.19 bits per heavy atom. The zero-order chi connectivity index (χ0) is 14.8. The van der Waals surface area contributed by atoms with Crippen LogP contribution in [0.25, 0.3) is 0 Å². The number of benzene rings is 1. The van der Waals surface area contributed by atoms with Crippen molar-refractivity contribution in [1.82, 2.24) is 4.90 Å². The molecule has 3 unspecified atom stereocenters. The number of fused-ring (bicyclic) bond motifs is 3. The third-order valence-electron chi connectivity index (χ3n) is 4.85. The second-order valence-electron chi connectivity index (χ2n) is 5.96. The molecule has 0 spiro atoms. The van der Waals surface area contributed by atoms with Gasteiger partial charge in [0.25, 0.3) is 0 Å². The van der Waals surface area contributed by atoms with Gasteiger partial charge < -0.3 is 9.64 Å². The zero-order valence-electron chi connectivity index (χ0n) is 12.4. The highest BCUT2D eigenvalue weighted by atomic mass is 35.5. The van der Waals surface area contributed by atoms with Gasteiger partial charge in [0.1, 0.15) is 0 Å². The molecule has 1 saturated carbocycles. The third-order valence-corrected chi connectivity index (χ3v) is 5.02. The lowest BCUT2D eigenvalue weighted by atomic mass is 9.92. The van der Waals surface area contributed by atoms with Gasteiger partial charge in [-0.15, -0.1) is 11.6 Å². The number of hydrogen-bond acceptors (Lipinski definition) is 2. The molecule has 0 heterocycles. The van der Waals surface area contributed by atoms with Crippen molar-refractivity contribution in [3.05, 3.63) is 35.4 Å². The van der Waals surface area contributed by atoms with Crippen molar-refractivity contribution in [1.29, 1.82) is 0 Å². The Morgan fingerprint density at radius 3 is 2.95 bits per heavy atom. The molecule has 0 aromatic heterocycles. The van der Waals surface area contributed by atoms with E-state index in [0.29, 0.717) is 37.4 Å². The summed E-state index contributed by atoms with van der Waals surface area (Å²) in [4.78, 5) is 14.7. The van der Waals surface area contributed by atoms with Crippen LogP contribution in [0.3, 0.4) is 0 Å². The molecule has 4 heteroatoms. The molecule has 3 nitrogen and oxygen atoms in total. The number of ether oxygens (including phenoxy) is 1. The first kappa shape index (κ1) is 14.9. The molecule has 3 rings (SSSR count). The van der Waals surface area contributed by atoms with E-state index in [4.69, 9.17) is 16.3 Å². The number of amides is 1. The van der Waals surface area contributed by atoms with Crippen molar-refractivity contribution >= 4 is 17.5 Å². The van der Waals surface area contributed by atoms with Crippen molar-refractivity contribution in [3.8, 4) is 0 Å². The molecule has 0 radical (unpaired) electrons. The van der Waals surface area contributed by atoms with E-state index in [9.17, 15) is 4.79 Å². The van der Waals surface area contributed by atoms with E-state index in [0.717, 1.165) is 12.8 Å². The molecule has 0 bridgehead atoms. The number of rotatable bonds is 6. The summed E-state index contributed by atoms with van der Waals surface area (Å²) in [5.41, 5.74) is 2.82. The number of hydrogen-bond donors (Lipinski definition) is 0. The van der Waals surface area contributed by atoms with Crippen LogP contribution in [0.15, 0.2) is 24.3 Å². The van der Waals surface area contributed by atoms with Gasteiger partial charge in [0.05, 0.1) is 6.61 Å². The molecular weight excluding hydrogens is 286 g/mol. The summed E-state index contributed by atoms with van der Waals surface area (Å²) in [6.45, 7) is 1.82. The van der Waals surface area contributed by atoms with E-state index in [2.05, 4.69) is 24.3 Å². The second kappa shape index (κ2) is 6.37. The Balaban J connectivity index is 1.72. The van der Waals surface area contributed by atoms with Gasteiger partial charge in [-0.1, -0.05) is 24.3 Å². The largest absolute Gasteiger partial charge is 0.383 e. The van der Waals surface area contributed by atoms with Crippen LogP contribution in [-0.2, 0) is 16.0 Å². The number of carbonyl (C=O) groups is 1.